The van der Waals surface area contributed by atoms with E-state index in [-0.39, 0.29) is 51.0 Å². The van der Waals surface area contributed by atoms with Gasteiger partial charge in [-0.15, -0.1) is 0 Å². The molecule has 5 heteroatoms. The molecule has 0 unspecified atom stereocenters. The van der Waals surface area contributed by atoms with Crippen molar-refractivity contribution in [3.63, 3.8) is 0 Å². The van der Waals surface area contributed by atoms with E-state index in [2.05, 4.69) is 0 Å². The number of rotatable bonds is 0. The van der Waals surface area contributed by atoms with Crippen LogP contribution in [0.4, 0.5) is 0 Å². The van der Waals surface area contributed by atoms with E-state index in [0.29, 0.717) is 0 Å². The predicted octanol–water partition coefficient (Wildman–Crippen LogP) is -1.07. The Kier molecular flexibility index (Phi) is 54.4. The van der Waals surface area contributed by atoms with Crippen molar-refractivity contribution >= 4 is 45.5 Å². The number of hydrogen-bond donors (Lipinski definition) is 0. The van der Waals surface area contributed by atoms with E-state index in [9.17, 15) is 0 Å². The molecule has 0 amide bonds. The van der Waals surface area contributed by atoms with Gasteiger partial charge in [-0.2, -0.15) is 0 Å². The Hall–Kier alpha value is 1.75. The van der Waals surface area contributed by atoms with Crippen molar-refractivity contribution in [1.29, 1.82) is 0 Å². The van der Waals surface area contributed by atoms with Crippen LogP contribution in [0, 0.1) is 0 Å². The van der Waals surface area contributed by atoms with Gasteiger partial charge in [0.2, 0.25) is 0 Å². The first-order valence-electron chi connectivity index (χ1n) is 0.408. The van der Waals surface area contributed by atoms with Crippen molar-refractivity contribution in [1.82, 2.24) is 0 Å². The van der Waals surface area contributed by atoms with Gasteiger partial charge < -0.3 is 5.48 Å². The van der Waals surface area contributed by atoms with Gasteiger partial charge in [0.15, 0.2) is 0 Å². The van der Waals surface area contributed by atoms with Crippen LogP contribution in [0.5, 0.6) is 0 Å². The Balaban J connectivity index is -0.0000000200. The standard InChI is InChI=1S/H2O.2O.Sr.Ti.H/h1H2;;;;;/q;;;+1;;/p-1. The Morgan fingerprint density at radius 3 is 1.20 bits per heavy atom. The topological polar surface area (TPSA) is 64.1 Å². The van der Waals surface area contributed by atoms with Crippen molar-refractivity contribution in [2.45, 2.75) is 0 Å². The summed E-state index contributed by atoms with van der Waals surface area (Å²) in [6.45, 7) is 0. The van der Waals surface area contributed by atoms with Gasteiger partial charge in [0.1, 0.15) is 0 Å². The molecule has 0 aliphatic heterocycles. The molecule has 0 heterocycles. The van der Waals surface area contributed by atoms with Crippen LogP contribution in [-0.4, -0.2) is 51.0 Å². The third kappa shape index (κ3) is 26.3. The average molecular weight is 186 g/mol. The van der Waals surface area contributed by atoms with Gasteiger partial charge in [-0.05, 0) is 0 Å². The van der Waals surface area contributed by atoms with Gasteiger partial charge in [-0.3, -0.25) is 0 Å². The molecule has 0 aromatic carbocycles. The fourth-order valence-corrected chi connectivity index (χ4v) is 0. The summed E-state index contributed by atoms with van der Waals surface area (Å²) >= 11 is -2.00. The first-order chi connectivity index (χ1) is 1.41. The SMILES string of the molecule is [OH-].[O]=[Ti]=[O].[SrH+]. The third-order valence-corrected chi connectivity index (χ3v) is 0. The second kappa shape index (κ2) is 17.1. The van der Waals surface area contributed by atoms with E-state index in [1.54, 1.807) is 0 Å². The normalized spacial score (nSPS) is 1.60. The number of hydrogen-bond acceptors (Lipinski definition) is 3. The Morgan fingerprint density at radius 1 is 1.20 bits per heavy atom. The van der Waals surface area contributed by atoms with Crippen LogP contribution in [0.3, 0.4) is 0 Å². The van der Waals surface area contributed by atoms with Crippen molar-refractivity contribution in [3.8, 4) is 0 Å². The molecule has 5 heavy (non-hydrogen) atoms. The van der Waals surface area contributed by atoms with Crippen LogP contribution in [-0.2, 0) is 25.7 Å². The maximum atomic E-state index is 8.50. The molecule has 0 aromatic rings. The van der Waals surface area contributed by atoms with Crippen LogP contribution in [0.15, 0.2) is 0 Å². The van der Waals surface area contributed by atoms with E-state index in [4.69, 9.17) is 6.65 Å². The van der Waals surface area contributed by atoms with E-state index in [0.717, 1.165) is 0 Å². The van der Waals surface area contributed by atoms with Crippen molar-refractivity contribution in [2.24, 2.45) is 0 Å². The average Bonchev–Trinajstić information content (AvgIpc) is 0.918. The summed E-state index contributed by atoms with van der Waals surface area (Å²) in [7, 11) is 0. The molecule has 3 nitrogen and oxygen atoms in total. The first kappa shape index (κ1) is 15.9. The molecule has 0 fully saturated rings. The zero-order valence-corrected chi connectivity index (χ0v) is 9.24. The summed E-state index contributed by atoms with van der Waals surface area (Å²) in [5.41, 5.74) is 0. The molecule has 0 aromatic heterocycles. The summed E-state index contributed by atoms with van der Waals surface area (Å²) in [6.07, 6.45) is 0. The fourth-order valence-electron chi connectivity index (χ4n) is 0. The fraction of sp³-hybridized carbons (Fsp3) is 0. The molecule has 0 bridgehead atoms. The predicted molar refractivity (Wildman–Crippen MR) is 10.5 cm³/mol. The minimum absolute atomic E-state index is 0. The second-order valence-corrected chi connectivity index (χ2v) is 0.344. The summed E-state index contributed by atoms with van der Waals surface area (Å²) < 4.78 is 17.0. The van der Waals surface area contributed by atoms with Crippen LogP contribution in [0.1, 0.15) is 0 Å². The molecule has 0 atom stereocenters. The van der Waals surface area contributed by atoms with E-state index >= 15 is 0 Å². The van der Waals surface area contributed by atoms with Gasteiger partial charge >= 0.3 is 71.2 Å². The minimum atomic E-state index is -2.00. The molecule has 0 radical (unpaired) electrons. The molecule has 26 valence electrons. The first-order valence-corrected chi connectivity index (χ1v) is 1.68. The molecule has 0 aliphatic carbocycles. The molecule has 0 aliphatic rings. The van der Waals surface area contributed by atoms with Gasteiger partial charge in [-0.1, -0.05) is 0 Å². The Bertz CT molecular complexity index is 27.9. The second-order valence-electron chi connectivity index (χ2n) is 0.0833. The Labute approximate surface area is 75.3 Å². The van der Waals surface area contributed by atoms with E-state index in [1.807, 2.05) is 0 Å². The molecular formula is H2O3SrTi. The zero-order valence-electron chi connectivity index (χ0n) is 2.76. The molecule has 0 saturated heterocycles. The van der Waals surface area contributed by atoms with Crippen LogP contribution >= 0.6 is 0 Å². The van der Waals surface area contributed by atoms with Crippen LogP contribution < -0.4 is 0 Å². The summed E-state index contributed by atoms with van der Waals surface area (Å²) in [5, 5.41) is 0. The molecule has 0 saturated carbocycles. The molecule has 0 spiro atoms. The van der Waals surface area contributed by atoms with Crippen molar-refractivity contribution in [2.75, 3.05) is 0 Å². The van der Waals surface area contributed by atoms with Gasteiger partial charge in [0.25, 0.3) is 0 Å². The van der Waals surface area contributed by atoms with E-state index in [1.165, 1.54) is 0 Å². The summed E-state index contributed by atoms with van der Waals surface area (Å²) in [6, 6.07) is 0. The van der Waals surface area contributed by atoms with Crippen molar-refractivity contribution < 1.29 is 31.2 Å². The monoisotopic (exact) mass is 186 g/mol. The summed E-state index contributed by atoms with van der Waals surface area (Å²) in [4.78, 5) is 0. The van der Waals surface area contributed by atoms with Crippen LogP contribution in [0.2, 0.25) is 0 Å². The summed E-state index contributed by atoms with van der Waals surface area (Å²) in [5.74, 6) is 0. The molecular weight excluding hydrogens is 183 g/mol. The Morgan fingerprint density at radius 2 is 1.20 bits per heavy atom. The van der Waals surface area contributed by atoms with Crippen LogP contribution in [0.25, 0.3) is 0 Å². The quantitative estimate of drug-likeness (QED) is 0.452. The zero-order chi connectivity index (χ0) is 2.71. The van der Waals surface area contributed by atoms with Gasteiger partial charge in [0, 0.05) is 0 Å². The van der Waals surface area contributed by atoms with Gasteiger partial charge in [-0.25, -0.2) is 0 Å². The van der Waals surface area contributed by atoms with Crippen molar-refractivity contribution in [3.05, 3.63) is 0 Å². The van der Waals surface area contributed by atoms with E-state index < -0.39 is 19.1 Å². The maximum absolute atomic E-state index is 8.50. The van der Waals surface area contributed by atoms with Gasteiger partial charge in [0.05, 0.1) is 0 Å². The molecule has 0 rings (SSSR count). The molecule has 1 N–H and O–H groups in total. The third-order valence-electron chi connectivity index (χ3n) is 0.